The van der Waals surface area contributed by atoms with Gasteiger partial charge >= 0.3 is 6.03 Å². The Morgan fingerprint density at radius 1 is 1.41 bits per heavy atom. The Morgan fingerprint density at radius 3 is 2.88 bits per heavy atom. The summed E-state index contributed by atoms with van der Waals surface area (Å²) in [6, 6.07) is 0.561. The molecule has 1 rings (SSSR count). The second-order valence-corrected chi connectivity index (χ2v) is 4.94. The van der Waals surface area contributed by atoms with Crippen molar-refractivity contribution in [1.82, 2.24) is 9.80 Å². The average molecular weight is 242 g/mol. The lowest BCUT2D eigenvalue weighted by Crippen LogP contribution is -2.46. The van der Waals surface area contributed by atoms with Crippen LogP contribution in [-0.2, 0) is 4.74 Å². The van der Waals surface area contributed by atoms with Gasteiger partial charge in [-0.05, 0) is 26.2 Å². The van der Waals surface area contributed by atoms with Crippen LogP contribution in [0.25, 0.3) is 0 Å². The molecule has 0 spiro atoms. The molecular weight excluding hydrogens is 216 g/mol. The molecule has 0 N–H and O–H groups in total. The Hall–Kier alpha value is -0.770. The van der Waals surface area contributed by atoms with Crippen molar-refractivity contribution in [2.45, 2.75) is 45.1 Å². The summed E-state index contributed by atoms with van der Waals surface area (Å²) in [5.74, 6) is 0. The predicted molar refractivity (Wildman–Crippen MR) is 69.2 cm³/mol. The van der Waals surface area contributed by atoms with Crippen molar-refractivity contribution >= 4 is 6.03 Å². The summed E-state index contributed by atoms with van der Waals surface area (Å²) in [5.41, 5.74) is 0. The monoisotopic (exact) mass is 242 g/mol. The molecule has 1 fully saturated rings. The number of rotatable bonds is 4. The van der Waals surface area contributed by atoms with Gasteiger partial charge in [-0.25, -0.2) is 4.79 Å². The van der Waals surface area contributed by atoms with Crippen LogP contribution in [0.5, 0.6) is 0 Å². The second kappa shape index (κ2) is 7.54. The number of ether oxygens (including phenoxy) is 1. The van der Waals surface area contributed by atoms with E-state index in [0.29, 0.717) is 12.6 Å². The van der Waals surface area contributed by atoms with E-state index in [9.17, 15) is 4.79 Å². The Balaban J connectivity index is 2.42. The minimum Gasteiger partial charge on any atom is -0.385 e. The van der Waals surface area contributed by atoms with Crippen LogP contribution >= 0.6 is 0 Å². The minimum atomic E-state index is 0.176. The molecule has 0 aromatic carbocycles. The molecule has 0 aromatic rings. The van der Waals surface area contributed by atoms with Gasteiger partial charge in [0.05, 0.1) is 0 Å². The van der Waals surface area contributed by atoms with E-state index < -0.39 is 0 Å². The van der Waals surface area contributed by atoms with Crippen molar-refractivity contribution in [3.05, 3.63) is 0 Å². The fourth-order valence-corrected chi connectivity index (χ4v) is 2.32. The summed E-state index contributed by atoms with van der Waals surface area (Å²) < 4.78 is 5.01. The van der Waals surface area contributed by atoms with E-state index in [1.54, 1.807) is 7.11 Å². The molecule has 0 saturated carbocycles. The molecule has 1 saturated heterocycles. The van der Waals surface area contributed by atoms with Gasteiger partial charge in [0, 0.05) is 39.9 Å². The molecule has 4 nitrogen and oxygen atoms in total. The fourth-order valence-electron chi connectivity index (χ4n) is 2.32. The zero-order valence-electron chi connectivity index (χ0n) is 11.4. The molecular formula is C13H26N2O2. The maximum Gasteiger partial charge on any atom is 0.319 e. The molecule has 1 heterocycles. The summed E-state index contributed by atoms with van der Waals surface area (Å²) in [6.45, 7) is 4.56. The van der Waals surface area contributed by atoms with Crippen molar-refractivity contribution in [3.8, 4) is 0 Å². The summed E-state index contributed by atoms with van der Waals surface area (Å²) >= 11 is 0. The van der Waals surface area contributed by atoms with E-state index in [1.165, 1.54) is 12.8 Å². The van der Waals surface area contributed by atoms with Crippen LogP contribution in [0.2, 0.25) is 0 Å². The van der Waals surface area contributed by atoms with Gasteiger partial charge in [-0.1, -0.05) is 12.8 Å². The molecule has 0 bridgehead atoms. The third-order valence-corrected chi connectivity index (χ3v) is 3.47. The molecule has 2 amide bonds. The molecule has 1 aliphatic rings. The van der Waals surface area contributed by atoms with Crippen LogP contribution in [0.3, 0.4) is 0 Å². The zero-order valence-corrected chi connectivity index (χ0v) is 11.4. The number of methoxy groups -OCH3 is 1. The van der Waals surface area contributed by atoms with Gasteiger partial charge in [-0.15, -0.1) is 0 Å². The van der Waals surface area contributed by atoms with E-state index >= 15 is 0 Å². The quantitative estimate of drug-likeness (QED) is 0.709. The van der Waals surface area contributed by atoms with Crippen LogP contribution in [0.15, 0.2) is 0 Å². The lowest BCUT2D eigenvalue weighted by molar-refractivity contribution is 0.138. The number of likely N-dealkylation sites (tertiary alicyclic amines) is 1. The molecule has 4 heteroatoms. The lowest BCUT2D eigenvalue weighted by Gasteiger charge is -2.31. The smallest absolute Gasteiger partial charge is 0.319 e. The van der Waals surface area contributed by atoms with E-state index in [0.717, 1.165) is 32.4 Å². The Kier molecular flexibility index (Phi) is 6.34. The average Bonchev–Trinajstić information content (AvgIpc) is 2.53. The fraction of sp³-hybridized carbons (Fsp3) is 0.923. The van der Waals surface area contributed by atoms with Gasteiger partial charge in [0.25, 0.3) is 0 Å². The van der Waals surface area contributed by atoms with Gasteiger partial charge < -0.3 is 14.5 Å². The van der Waals surface area contributed by atoms with Gasteiger partial charge in [0.2, 0.25) is 0 Å². The molecule has 0 aromatic heterocycles. The van der Waals surface area contributed by atoms with Gasteiger partial charge in [0.15, 0.2) is 0 Å². The van der Waals surface area contributed by atoms with Crippen LogP contribution in [-0.4, -0.2) is 55.7 Å². The first-order chi connectivity index (χ1) is 8.16. The summed E-state index contributed by atoms with van der Waals surface area (Å²) in [4.78, 5) is 16.1. The second-order valence-electron chi connectivity index (χ2n) is 4.94. The first-order valence-electron chi connectivity index (χ1n) is 6.67. The highest BCUT2D eigenvalue weighted by molar-refractivity contribution is 5.74. The molecule has 100 valence electrons. The Morgan fingerprint density at radius 2 is 2.18 bits per heavy atom. The zero-order chi connectivity index (χ0) is 12.7. The summed E-state index contributed by atoms with van der Waals surface area (Å²) in [5, 5.41) is 0. The van der Waals surface area contributed by atoms with Gasteiger partial charge in [-0.3, -0.25) is 0 Å². The highest BCUT2D eigenvalue weighted by Gasteiger charge is 2.24. The molecule has 1 aliphatic heterocycles. The predicted octanol–water partition coefficient (Wildman–Crippen LogP) is 2.34. The number of urea groups is 1. The lowest BCUT2D eigenvalue weighted by atomic mass is 10.1. The number of nitrogens with zero attached hydrogens (tertiary/aromatic N) is 2. The first-order valence-corrected chi connectivity index (χ1v) is 6.67. The highest BCUT2D eigenvalue weighted by atomic mass is 16.5. The number of hydrogen-bond donors (Lipinski definition) is 0. The summed E-state index contributed by atoms with van der Waals surface area (Å²) in [7, 11) is 3.58. The van der Waals surface area contributed by atoms with Gasteiger partial charge in [0.1, 0.15) is 0 Å². The van der Waals surface area contributed by atoms with E-state index in [2.05, 4.69) is 6.92 Å². The van der Waals surface area contributed by atoms with Crippen molar-refractivity contribution in [2.75, 3.05) is 33.9 Å². The molecule has 0 radical (unpaired) electrons. The minimum absolute atomic E-state index is 0.176. The van der Waals surface area contributed by atoms with E-state index in [4.69, 9.17) is 4.74 Å². The standard InChI is InChI=1S/C13H26N2O2/c1-12-8-5-4-6-10-15(12)13(16)14(2)9-7-11-17-3/h12H,4-11H2,1-3H3/t12-/m0/s1. The van der Waals surface area contributed by atoms with Gasteiger partial charge in [-0.2, -0.15) is 0 Å². The maximum absolute atomic E-state index is 12.3. The SMILES string of the molecule is COCCCN(C)C(=O)N1CCCCC[C@@H]1C. The third-order valence-electron chi connectivity index (χ3n) is 3.47. The van der Waals surface area contributed by atoms with E-state index in [1.807, 2.05) is 16.8 Å². The Bertz CT molecular complexity index is 233. The van der Waals surface area contributed by atoms with Crippen molar-refractivity contribution in [3.63, 3.8) is 0 Å². The Labute approximate surface area is 105 Å². The largest absolute Gasteiger partial charge is 0.385 e. The van der Waals surface area contributed by atoms with Crippen LogP contribution in [0.1, 0.15) is 39.0 Å². The third kappa shape index (κ3) is 4.54. The van der Waals surface area contributed by atoms with Crippen LogP contribution < -0.4 is 0 Å². The number of carbonyl (C=O) groups is 1. The number of hydrogen-bond acceptors (Lipinski definition) is 2. The number of amides is 2. The van der Waals surface area contributed by atoms with Crippen LogP contribution in [0.4, 0.5) is 4.79 Å². The highest BCUT2D eigenvalue weighted by Crippen LogP contribution is 2.17. The van der Waals surface area contributed by atoms with Crippen molar-refractivity contribution in [2.24, 2.45) is 0 Å². The molecule has 0 aliphatic carbocycles. The maximum atomic E-state index is 12.3. The molecule has 17 heavy (non-hydrogen) atoms. The molecule has 0 unspecified atom stereocenters. The van der Waals surface area contributed by atoms with Crippen LogP contribution in [0, 0.1) is 0 Å². The normalized spacial score (nSPS) is 21.1. The molecule has 1 atom stereocenters. The topological polar surface area (TPSA) is 32.8 Å². The number of carbonyl (C=O) groups excluding carboxylic acids is 1. The van der Waals surface area contributed by atoms with E-state index in [-0.39, 0.29) is 6.03 Å². The van der Waals surface area contributed by atoms with Crippen molar-refractivity contribution in [1.29, 1.82) is 0 Å². The summed E-state index contributed by atoms with van der Waals surface area (Å²) in [6.07, 6.45) is 5.68. The van der Waals surface area contributed by atoms with Crippen molar-refractivity contribution < 1.29 is 9.53 Å². The first kappa shape index (κ1) is 14.3.